The van der Waals surface area contributed by atoms with E-state index in [0.29, 0.717) is 18.9 Å². The number of amides is 1. The van der Waals surface area contributed by atoms with Crippen molar-refractivity contribution < 1.29 is 14.3 Å². The molecule has 0 saturated carbocycles. The van der Waals surface area contributed by atoms with Gasteiger partial charge in [-0.3, -0.25) is 4.79 Å². The molecule has 0 radical (unpaired) electrons. The van der Waals surface area contributed by atoms with E-state index in [0.717, 1.165) is 43.0 Å². The summed E-state index contributed by atoms with van der Waals surface area (Å²) in [6.07, 6.45) is 3.24. The van der Waals surface area contributed by atoms with E-state index >= 15 is 0 Å². The molecule has 1 aromatic rings. The van der Waals surface area contributed by atoms with Gasteiger partial charge >= 0.3 is 0 Å². The Morgan fingerprint density at radius 1 is 1.26 bits per heavy atom. The molecule has 130 valence electrons. The fraction of sp³-hybridized carbons (Fsp3) is 0.588. The van der Waals surface area contributed by atoms with Crippen LogP contribution in [0.25, 0.3) is 0 Å². The van der Waals surface area contributed by atoms with Gasteiger partial charge in [0.05, 0.1) is 14.2 Å². The Kier molecular flexibility index (Phi) is 8.20. The topological polar surface area (TPSA) is 50.8 Å². The van der Waals surface area contributed by atoms with Gasteiger partial charge in [-0.25, -0.2) is 0 Å². The monoisotopic (exact) mass is 342 g/mol. The second-order valence-electron chi connectivity index (χ2n) is 5.62. The standard InChI is InChI=1S/C17H26N2O3.ClH/c1-18-14-8-10-19(11-9-14)17(20)7-4-13-12-15(21-2)5-6-16(13)22-3;/h5-6,12,14,18H,4,7-11H2,1-3H3;1H. The molecule has 23 heavy (non-hydrogen) atoms. The van der Waals surface area contributed by atoms with Crippen molar-refractivity contribution in [3.63, 3.8) is 0 Å². The van der Waals surface area contributed by atoms with Crippen molar-refractivity contribution >= 4 is 18.3 Å². The lowest BCUT2D eigenvalue weighted by Gasteiger charge is -2.32. The second kappa shape index (κ2) is 9.63. The summed E-state index contributed by atoms with van der Waals surface area (Å²) in [5.41, 5.74) is 1.01. The summed E-state index contributed by atoms with van der Waals surface area (Å²) in [7, 11) is 5.27. The van der Waals surface area contributed by atoms with E-state index < -0.39 is 0 Å². The van der Waals surface area contributed by atoms with Gasteiger partial charge in [-0.1, -0.05) is 0 Å². The highest BCUT2D eigenvalue weighted by atomic mass is 35.5. The minimum absolute atomic E-state index is 0. The van der Waals surface area contributed by atoms with E-state index in [9.17, 15) is 4.79 Å². The number of methoxy groups -OCH3 is 2. The number of carbonyl (C=O) groups excluding carboxylic acids is 1. The van der Waals surface area contributed by atoms with Gasteiger partial charge < -0.3 is 19.7 Å². The number of hydrogen-bond acceptors (Lipinski definition) is 4. The predicted molar refractivity (Wildman–Crippen MR) is 93.8 cm³/mol. The first kappa shape index (κ1) is 19.6. The number of nitrogens with zero attached hydrogens (tertiary/aromatic N) is 1. The molecule has 0 aliphatic carbocycles. The van der Waals surface area contributed by atoms with Gasteiger partial charge in [-0.05, 0) is 50.1 Å². The lowest BCUT2D eigenvalue weighted by atomic mass is 10.0. The van der Waals surface area contributed by atoms with Crippen molar-refractivity contribution in [1.82, 2.24) is 10.2 Å². The van der Waals surface area contributed by atoms with Crippen molar-refractivity contribution in [2.75, 3.05) is 34.4 Å². The zero-order chi connectivity index (χ0) is 15.9. The quantitative estimate of drug-likeness (QED) is 0.861. The van der Waals surface area contributed by atoms with Crippen LogP contribution in [-0.2, 0) is 11.2 Å². The van der Waals surface area contributed by atoms with Gasteiger partial charge in [0.1, 0.15) is 11.5 Å². The molecular formula is C17H27ClN2O3. The largest absolute Gasteiger partial charge is 0.497 e. The van der Waals surface area contributed by atoms with Crippen LogP contribution in [0.3, 0.4) is 0 Å². The minimum Gasteiger partial charge on any atom is -0.497 e. The Balaban J connectivity index is 0.00000264. The fourth-order valence-corrected chi connectivity index (χ4v) is 2.89. The van der Waals surface area contributed by atoms with Gasteiger partial charge in [-0.2, -0.15) is 0 Å². The van der Waals surface area contributed by atoms with E-state index in [1.54, 1.807) is 14.2 Å². The normalized spacial score (nSPS) is 15.0. The highest BCUT2D eigenvalue weighted by molar-refractivity contribution is 5.85. The fourth-order valence-electron chi connectivity index (χ4n) is 2.89. The highest BCUT2D eigenvalue weighted by Crippen LogP contribution is 2.25. The number of carbonyl (C=O) groups is 1. The average Bonchev–Trinajstić information content (AvgIpc) is 2.59. The third kappa shape index (κ3) is 5.29. The number of piperidine rings is 1. The molecule has 0 spiro atoms. The third-order valence-corrected chi connectivity index (χ3v) is 4.35. The summed E-state index contributed by atoms with van der Waals surface area (Å²) >= 11 is 0. The Hall–Kier alpha value is -1.46. The van der Waals surface area contributed by atoms with Gasteiger partial charge in [0, 0.05) is 25.6 Å². The zero-order valence-corrected chi connectivity index (χ0v) is 14.9. The van der Waals surface area contributed by atoms with E-state index in [1.165, 1.54) is 0 Å². The first-order chi connectivity index (χ1) is 10.7. The molecule has 1 N–H and O–H groups in total. The first-order valence-electron chi connectivity index (χ1n) is 7.84. The maximum Gasteiger partial charge on any atom is 0.222 e. The van der Waals surface area contributed by atoms with Crippen LogP contribution in [0.15, 0.2) is 18.2 Å². The summed E-state index contributed by atoms with van der Waals surface area (Å²) in [5.74, 6) is 1.82. The third-order valence-electron chi connectivity index (χ3n) is 4.35. The molecule has 0 atom stereocenters. The summed E-state index contributed by atoms with van der Waals surface area (Å²) in [4.78, 5) is 14.3. The molecule has 1 saturated heterocycles. The second-order valence-corrected chi connectivity index (χ2v) is 5.62. The Morgan fingerprint density at radius 3 is 2.52 bits per heavy atom. The van der Waals surface area contributed by atoms with Crippen LogP contribution in [0.5, 0.6) is 11.5 Å². The highest BCUT2D eigenvalue weighted by Gasteiger charge is 2.21. The molecule has 0 unspecified atom stereocenters. The number of nitrogens with one attached hydrogen (secondary N) is 1. The number of hydrogen-bond donors (Lipinski definition) is 1. The van der Waals surface area contributed by atoms with Crippen molar-refractivity contribution in [3.8, 4) is 11.5 Å². The summed E-state index contributed by atoms with van der Waals surface area (Å²) in [6, 6.07) is 6.24. The molecule has 0 aromatic heterocycles. The molecule has 1 aliphatic heterocycles. The van der Waals surface area contributed by atoms with Gasteiger partial charge in [0.25, 0.3) is 0 Å². The number of rotatable bonds is 6. The lowest BCUT2D eigenvalue weighted by molar-refractivity contribution is -0.132. The smallest absolute Gasteiger partial charge is 0.222 e. The van der Waals surface area contributed by atoms with E-state index in [2.05, 4.69) is 5.32 Å². The van der Waals surface area contributed by atoms with Crippen LogP contribution in [0.4, 0.5) is 0 Å². The zero-order valence-electron chi connectivity index (χ0n) is 14.1. The Morgan fingerprint density at radius 2 is 1.96 bits per heavy atom. The van der Waals surface area contributed by atoms with Crippen molar-refractivity contribution in [3.05, 3.63) is 23.8 Å². The van der Waals surface area contributed by atoms with Crippen LogP contribution in [0.1, 0.15) is 24.8 Å². The molecule has 1 aliphatic rings. The molecule has 1 fully saturated rings. The first-order valence-corrected chi connectivity index (χ1v) is 7.84. The maximum atomic E-state index is 12.4. The molecule has 1 amide bonds. The van der Waals surface area contributed by atoms with Gasteiger partial charge in [0.2, 0.25) is 5.91 Å². The van der Waals surface area contributed by atoms with Crippen molar-refractivity contribution in [2.45, 2.75) is 31.7 Å². The SMILES string of the molecule is CNC1CCN(C(=O)CCc2cc(OC)ccc2OC)CC1.Cl. The average molecular weight is 343 g/mol. The summed E-state index contributed by atoms with van der Waals surface area (Å²) in [5, 5.41) is 3.28. The Bertz CT molecular complexity index is 503. The van der Waals surface area contributed by atoms with Gasteiger partial charge in [-0.15, -0.1) is 12.4 Å². The maximum absolute atomic E-state index is 12.4. The molecule has 6 heteroatoms. The number of ether oxygens (including phenoxy) is 2. The summed E-state index contributed by atoms with van der Waals surface area (Å²) in [6.45, 7) is 1.69. The molecule has 1 heterocycles. The van der Waals surface area contributed by atoms with E-state index in [-0.39, 0.29) is 18.3 Å². The summed E-state index contributed by atoms with van der Waals surface area (Å²) < 4.78 is 10.6. The number of aryl methyl sites for hydroxylation is 1. The number of halogens is 1. The van der Waals surface area contributed by atoms with Crippen molar-refractivity contribution in [1.29, 1.82) is 0 Å². The molecule has 1 aromatic carbocycles. The Labute approximate surface area is 144 Å². The van der Waals surface area contributed by atoms with E-state index in [1.807, 2.05) is 30.1 Å². The number of benzene rings is 1. The molecule has 0 bridgehead atoms. The van der Waals surface area contributed by atoms with E-state index in [4.69, 9.17) is 9.47 Å². The van der Waals surface area contributed by atoms with Crippen LogP contribution in [0, 0.1) is 0 Å². The minimum atomic E-state index is 0. The van der Waals surface area contributed by atoms with Crippen LogP contribution < -0.4 is 14.8 Å². The van der Waals surface area contributed by atoms with Gasteiger partial charge in [0.15, 0.2) is 0 Å². The van der Waals surface area contributed by atoms with Crippen LogP contribution >= 0.6 is 12.4 Å². The molecule has 2 rings (SSSR count). The molecule has 5 nitrogen and oxygen atoms in total. The molecular weight excluding hydrogens is 316 g/mol. The van der Waals surface area contributed by atoms with Crippen molar-refractivity contribution in [2.24, 2.45) is 0 Å². The van der Waals surface area contributed by atoms with Crippen LogP contribution in [0.2, 0.25) is 0 Å². The van der Waals surface area contributed by atoms with Crippen LogP contribution in [-0.4, -0.2) is 51.2 Å². The predicted octanol–water partition coefficient (Wildman–Crippen LogP) is 2.27. The number of likely N-dealkylation sites (tertiary alicyclic amines) is 1. The lowest BCUT2D eigenvalue weighted by Crippen LogP contribution is -2.44.